The van der Waals surface area contributed by atoms with Gasteiger partial charge in [-0.15, -0.1) is 11.3 Å². The molecule has 1 N–H and O–H groups in total. The Labute approximate surface area is 117 Å². The summed E-state index contributed by atoms with van der Waals surface area (Å²) in [5.74, 6) is -0.783. The zero-order chi connectivity index (χ0) is 14.3. The summed E-state index contributed by atoms with van der Waals surface area (Å²) in [4.78, 5) is 12.5. The van der Waals surface area contributed by atoms with Crippen LogP contribution in [0.25, 0.3) is 0 Å². The van der Waals surface area contributed by atoms with E-state index < -0.39 is 17.7 Å². The molecule has 104 valence electrons. The second kappa shape index (κ2) is 4.63. The number of fused-ring (bicyclic) bond motifs is 1. The van der Waals surface area contributed by atoms with Crippen molar-refractivity contribution in [2.45, 2.75) is 18.5 Å². The zero-order valence-electron chi connectivity index (χ0n) is 10.2. The maximum Gasteiger partial charge on any atom is 0.416 e. The molecule has 2 nitrogen and oxygen atoms in total. The van der Waals surface area contributed by atoms with Crippen LogP contribution in [0.2, 0.25) is 0 Å². The first-order valence-corrected chi connectivity index (χ1v) is 6.88. The maximum absolute atomic E-state index is 13.1. The Balaban J connectivity index is 2.14. The molecular weight excluding hydrogens is 287 g/mol. The number of thiophene rings is 1. The number of hydrogen-bond donors (Lipinski definition) is 1. The minimum atomic E-state index is -4.41. The van der Waals surface area contributed by atoms with Crippen LogP contribution in [0.5, 0.6) is 0 Å². The standard InChI is InChI=1S/C14H10F3NOS/c15-14(16,17)10-4-2-1-3-8(10)9-7-12(19)18-11-5-6-20-13(9)11/h1-6,9H,7H2,(H,18,19). The van der Waals surface area contributed by atoms with Gasteiger partial charge >= 0.3 is 6.18 Å². The molecule has 1 aromatic heterocycles. The van der Waals surface area contributed by atoms with E-state index in [1.807, 2.05) is 0 Å². The van der Waals surface area contributed by atoms with Crippen LogP contribution in [0.3, 0.4) is 0 Å². The summed E-state index contributed by atoms with van der Waals surface area (Å²) >= 11 is 1.37. The number of benzene rings is 1. The third-order valence-electron chi connectivity index (χ3n) is 3.32. The van der Waals surface area contributed by atoms with Crippen molar-refractivity contribution in [1.29, 1.82) is 0 Å². The van der Waals surface area contributed by atoms with Gasteiger partial charge in [-0.05, 0) is 23.1 Å². The van der Waals surface area contributed by atoms with E-state index in [1.165, 1.54) is 23.5 Å². The summed E-state index contributed by atoms with van der Waals surface area (Å²) in [6, 6.07) is 7.18. The van der Waals surface area contributed by atoms with Gasteiger partial charge in [0.15, 0.2) is 0 Å². The zero-order valence-corrected chi connectivity index (χ0v) is 11.0. The van der Waals surface area contributed by atoms with Gasteiger partial charge in [0.25, 0.3) is 0 Å². The third kappa shape index (κ3) is 2.20. The summed E-state index contributed by atoms with van der Waals surface area (Å²) in [5, 5.41) is 4.47. The topological polar surface area (TPSA) is 29.1 Å². The van der Waals surface area contributed by atoms with Crippen LogP contribution in [0, 0.1) is 0 Å². The Hall–Kier alpha value is -1.82. The van der Waals surface area contributed by atoms with Crippen molar-refractivity contribution in [3.63, 3.8) is 0 Å². The minimum absolute atomic E-state index is 0.0423. The largest absolute Gasteiger partial charge is 0.416 e. The van der Waals surface area contributed by atoms with Crippen LogP contribution in [-0.4, -0.2) is 5.91 Å². The molecule has 1 aromatic carbocycles. The molecule has 0 aliphatic carbocycles. The van der Waals surface area contributed by atoms with Gasteiger partial charge in [-0.3, -0.25) is 4.79 Å². The quantitative estimate of drug-likeness (QED) is 0.838. The van der Waals surface area contributed by atoms with Gasteiger partial charge in [0.1, 0.15) is 0 Å². The average Bonchev–Trinajstić information content (AvgIpc) is 2.84. The number of carbonyl (C=O) groups excluding carboxylic acids is 1. The highest BCUT2D eigenvalue weighted by Crippen LogP contribution is 2.44. The fraction of sp³-hybridized carbons (Fsp3) is 0.214. The number of nitrogens with one attached hydrogen (secondary N) is 1. The van der Waals surface area contributed by atoms with E-state index in [4.69, 9.17) is 0 Å². The Kier molecular flexibility index (Phi) is 3.05. The summed E-state index contributed by atoms with van der Waals surface area (Å²) in [6.07, 6.45) is -4.37. The van der Waals surface area contributed by atoms with Gasteiger partial charge in [-0.1, -0.05) is 18.2 Å². The van der Waals surface area contributed by atoms with Gasteiger partial charge in [0, 0.05) is 17.2 Å². The molecule has 1 unspecified atom stereocenters. The van der Waals surface area contributed by atoms with E-state index in [-0.39, 0.29) is 17.9 Å². The highest BCUT2D eigenvalue weighted by atomic mass is 32.1. The van der Waals surface area contributed by atoms with E-state index in [9.17, 15) is 18.0 Å². The minimum Gasteiger partial charge on any atom is -0.325 e. The number of alkyl halides is 3. The van der Waals surface area contributed by atoms with Gasteiger partial charge in [0.2, 0.25) is 5.91 Å². The molecule has 3 rings (SSSR count). The van der Waals surface area contributed by atoms with Crippen LogP contribution in [0.4, 0.5) is 18.9 Å². The van der Waals surface area contributed by atoms with E-state index in [1.54, 1.807) is 17.5 Å². The maximum atomic E-state index is 13.1. The second-order valence-corrected chi connectivity index (χ2v) is 5.54. The Bertz CT molecular complexity index is 662. The first kappa shape index (κ1) is 13.2. The van der Waals surface area contributed by atoms with Crippen molar-refractivity contribution in [3.8, 4) is 0 Å². The van der Waals surface area contributed by atoms with Gasteiger partial charge in [-0.25, -0.2) is 0 Å². The molecule has 1 atom stereocenters. The van der Waals surface area contributed by atoms with Gasteiger partial charge in [-0.2, -0.15) is 13.2 Å². The van der Waals surface area contributed by atoms with E-state index in [0.717, 1.165) is 10.9 Å². The molecule has 1 aliphatic heterocycles. The smallest absolute Gasteiger partial charge is 0.325 e. The number of hydrogen-bond acceptors (Lipinski definition) is 2. The number of amides is 1. The van der Waals surface area contributed by atoms with E-state index in [0.29, 0.717) is 5.69 Å². The summed E-state index contributed by atoms with van der Waals surface area (Å²) < 4.78 is 39.3. The molecule has 2 heterocycles. The molecule has 0 saturated carbocycles. The highest BCUT2D eigenvalue weighted by Gasteiger charge is 2.37. The van der Waals surface area contributed by atoms with Gasteiger partial charge < -0.3 is 5.32 Å². The number of anilines is 1. The molecular formula is C14H10F3NOS. The summed E-state index contributed by atoms with van der Waals surface area (Å²) in [5.41, 5.74) is 0.117. The van der Waals surface area contributed by atoms with Crippen molar-refractivity contribution in [2.75, 3.05) is 5.32 Å². The van der Waals surface area contributed by atoms with E-state index >= 15 is 0 Å². The third-order valence-corrected chi connectivity index (χ3v) is 4.35. The van der Waals surface area contributed by atoms with Crippen LogP contribution in [0.15, 0.2) is 35.7 Å². The average molecular weight is 297 g/mol. The molecule has 0 spiro atoms. The van der Waals surface area contributed by atoms with Crippen molar-refractivity contribution >= 4 is 22.9 Å². The predicted molar refractivity (Wildman–Crippen MR) is 70.9 cm³/mol. The normalized spacial score (nSPS) is 18.6. The first-order chi connectivity index (χ1) is 9.47. The molecule has 1 aliphatic rings. The SMILES string of the molecule is O=C1CC(c2ccccc2C(F)(F)F)c2sccc2N1. The lowest BCUT2D eigenvalue weighted by Gasteiger charge is -2.25. The fourth-order valence-corrected chi connectivity index (χ4v) is 3.45. The predicted octanol–water partition coefficient (Wildman–Crippen LogP) is 4.24. The van der Waals surface area contributed by atoms with Crippen LogP contribution in [-0.2, 0) is 11.0 Å². The van der Waals surface area contributed by atoms with Crippen LogP contribution < -0.4 is 5.32 Å². The molecule has 2 aromatic rings. The molecule has 0 fully saturated rings. The number of carbonyl (C=O) groups is 1. The number of halogens is 3. The van der Waals surface area contributed by atoms with Crippen molar-refractivity contribution in [3.05, 3.63) is 51.7 Å². The fourth-order valence-electron chi connectivity index (χ4n) is 2.48. The molecule has 0 radical (unpaired) electrons. The van der Waals surface area contributed by atoms with Crippen molar-refractivity contribution < 1.29 is 18.0 Å². The monoisotopic (exact) mass is 297 g/mol. The van der Waals surface area contributed by atoms with Crippen LogP contribution in [0.1, 0.15) is 28.3 Å². The Morgan fingerprint density at radius 3 is 2.70 bits per heavy atom. The molecule has 0 saturated heterocycles. The van der Waals surface area contributed by atoms with Crippen LogP contribution >= 0.6 is 11.3 Å². The van der Waals surface area contributed by atoms with Crippen molar-refractivity contribution in [1.82, 2.24) is 0 Å². The summed E-state index contributed by atoms with van der Waals surface area (Å²) in [6.45, 7) is 0. The lowest BCUT2D eigenvalue weighted by atomic mass is 9.87. The number of rotatable bonds is 1. The molecule has 6 heteroatoms. The molecule has 1 amide bonds. The van der Waals surface area contributed by atoms with Crippen molar-refractivity contribution in [2.24, 2.45) is 0 Å². The first-order valence-electron chi connectivity index (χ1n) is 6.00. The summed E-state index contributed by atoms with van der Waals surface area (Å²) in [7, 11) is 0. The Morgan fingerprint density at radius 1 is 1.20 bits per heavy atom. The lowest BCUT2D eigenvalue weighted by molar-refractivity contribution is -0.138. The molecule has 20 heavy (non-hydrogen) atoms. The lowest BCUT2D eigenvalue weighted by Crippen LogP contribution is -2.23. The molecule has 0 bridgehead atoms. The highest BCUT2D eigenvalue weighted by molar-refractivity contribution is 7.10. The Morgan fingerprint density at radius 2 is 1.95 bits per heavy atom. The second-order valence-electron chi connectivity index (χ2n) is 4.59. The van der Waals surface area contributed by atoms with Gasteiger partial charge in [0.05, 0.1) is 11.3 Å². The van der Waals surface area contributed by atoms with E-state index in [2.05, 4.69) is 5.32 Å².